The zero-order chi connectivity index (χ0) is 13.9. The smallest absolute Gasteiger partial charge is 0.0815 e. The maximum absolute atomic E-state index is 10.4. The Bertz CT molecular complexity index is 403. The molecule has 1 aromatic rings. The minimum atomic E-state index is -0.621. The molecule has 5 nitrogen and oxygen atoms in total. The fourth-order valence-corrected chi connectivity index (χ4v) is 2.45. The predicted molar refractivity (Wildman–Crippen MR) is 74.0 cm³/mol. The molecule has 2 rings (SSSR count). The Labute approximate surface area is 114 Å². The van der Waals surface area contributed by atoms with E-state index < -0.39 is 5.60 Å². The van der Waals surface area contributed by atoms with Gasteiger partial charge in [-0.25, -0.2) is 0 Å². The molecule has 0 radical (unpaired) electrons. The summed E-state index contributed by atoms with van der Waals surface area (Å²) >= 11 is 0. The van der Waals surface area contributed by atoms with Crippen LogP contribution in [0.4, 0.5) is 0 Å². The predicted octanol–water partition coefficient (Wildman–Crippen LogP) is 1.34. The molecule has 1 fully saturated rings. The maximum Gasteiger partial charge on any atom is 0.0815 e. The lowest BCUT2D eigenvalue weighted by Gasteiger charge is -2.32. The van der Waals surface area contributed by atoms with Crippen LogP contribution < -0.4 is 5.32 Å². The molecule has 2 heterocycles. The Kier molecular flexibility index (Phi) is 4.28. The average molecular weight is 267 g/mol. The van der Waals surface area contributed by atoms with Crippen LogP contribution >= 0.6 is 0 Å². The summed E-state index contributed by atoms with van der Waals surface area (Å²) in [5, 5.41) is 20.9. The first-order chi connectivity index (χ1) is 8.91. The first kappa shape index (κ1) is 14.5. The third-order valence-electron chi connectivity index (χ3n) is 3.66. The number of ether oxygens (including phenoxy) is 1. The van der Waals surface area contributed by atoms with E-state index in [2.05, 4.69) is 36.3 Å². The van der Waals surface area contributed by atoms with Gasteiger partial charge in [-0.3, -0.25) is 5.10 Å². The third-order valence-corrected chi connectivity index (χ3v) is 3.66. The second kappa shape index (κ2) is 5.61. The van der Waals surface area contributed by atoms with Crippen molar-refractivity contribution < 1.29 is 9.84 Å². The molecule has 0 saturated carbocycles. The highest BCUT2D eigenvalue weighted by Gasteiger charge is 2.29. The standard InChI is InChI=1S/C14H25N3O2/c1-13(2,3)12-11(9-16-17-12)8-15-10-14(18)4-6-19-7-5-14/h9,15,18H,4-8,10H2,1-3H3,(H,16,17). The Hall–Kier alpha value is -0.910. The van der Waals surface area contributed by atoms with Crippen molar-refractivity contribution in [3.8, 4) is 0 Å². The van der Waals surface area contributed by atoms with E-state index >= 15 is 0 Å². The van der Waals surface area contributed by atoms with Crippen LogP contribution in [0.5, 0.6) is 0 Å². The number of rotatable bonds is 4. The van der Waals surface area contributed by atoms with E-state index in [1.165, 1.54) is 5.56 Å². The molecule has 1 aliphatic rings. The molecule has 1 aliphatic heterocycles. The van der Waals surface area contributed by atoms with Crippen molar-refractivity contribution in [1.29, 1.82) is 0 Å². The van der Waals surface area contributed by atoms with Crippen molar-refractivity contribution >= 4 is 0 Å². The van der Waals surface area contributed by atoms with Gasteiger partial charge in [0.25, 0.3) is 0 Å². The fraction of sp³-hybridized carbons (Fsp3) is 0.786. The summed E-state index contributed by atoms with van der Waals surface area (Å²) in [6.07, 6.45) is 3.27. The molecular weight excluding hydrogens is 242 g/mol. The molecule has 1 aromatic heterocycles. The summed E-state index contributed by atoms with van der Waals surface area (Å²) in [4.78, 5) is 0. The molecule has 19 heavy (non-hydrogen) atoms. The lowest BCUT2D eigenvalue weighted by atomic mass is 9.89. The average Bonchev–Trinajstić information content (AvgIpc) is 2.78. The van der Waals surface area contributed by atoms with Crippen LogP contribution in [0.3, 0.4) is 0 Å². The number of H-pyrrole nitrogens is 1. The summed E-state index contributed by atoms with van der Waals surface area (Å²) < 4.78 is 5.28. The maximum atomic E-state index is 10.4. The van der Waals surface area contributed by atoms with Crippen molar-refractivity contribution in [3.63, 3.8) is 0 Å². The third kappa shape index (κ3) is 3.78. The van der Waals surface area contributed by atoms with Crippen molar-refractivity contribution in [2.45, 2.75) is 51.2 Å². The number of hydrogen-bond donors (Lipinski definition) is 3. The number of nitrogens with one attached hydrogen (secondary N) is 2. The highest BCUT2D eigenvalue weighted by atomic mass is 16.5. The molecule has 0 unspecified atom stereocenters. The largest absolute Gasteiger partial charge is 0.388 e. The SMILES string of the molecule is CC(C)(C)c1[nH]ncc1CNCC1(O)CCOCC1. The van der Waals surface area contributed by atoms with Crippen LogP contribution in [0.1, 0.15) is 44.9 Å². The molecule has 0 atom stereocenters. The monoisotopic (exact) mass is 267 g/mol. The van der Waals surface area contributed by atoms with E-state index in [1.54, 1.807) is 0 Å². The van der Waals surface area contributed by atoms with Crippen LogP contribution in [-0.2, 0) is 16.7 Å². The Balaban J connectivity index is 1.87. The molecule has 0 bridgehead atoms. The molecular formula is C14H25N3O2. The Morgan fingerprint density at radius 3 is 2.74 bits per heavy atom. The summed E-state index contributed by atoms with van der Waals surface area (Å²) in [6, 6.07) is 0. The van der Waals surface area contributed by atoms with E-state index in [0.29, 0.717) is 32.6 Å². The molecule has 5 heteroatoms. The summed E-state index contributed by atoms with van der Waals surface area (Å²) in [5.41, 5.74) is 1.76. The molecule has 0 aromatic carbocycles. The quantitative estimate of drug-likeness (QED) is 0.770. The fourth-order valence-electron chi connectivity index (χ4n) is 2.45. The van der Waals surface area contributed by atoms with Gasteiger partial charge in [0, 0.05) is 55.8 Å². The lowest BCUT2D eigenvalue weighted by molar-refractivity contribution is -0.0617. The van der Waals surface area contributed by atoms with Gasteiger partial charge in [-0.05, 0) is 0 Å². The number of nitrogens with zero attached hydrogens (tertiary/aromatic N) is 1. The summed E-state index contributed by atoms with van der Waals surface area (Å²) in [6.45, 7) is 9.12. The van der Waals surface area contributed by atoms with E-state index in [1.807, 2.05) is 6.20 Å². The van der Waals surface area contributed by atoms with Crippen LogP contribution in [0, 0.1) is 0 Å². The first-order valence-electron chi connectivity index (χ1n) is 6.94. The van der Waals surface area contributed by atoms with Crippen LogP contribution in [0.2, 0.25) is 0 Å². The van der Waals surface area contributed by atoms with Crippen molar-refractivity contribution in [2.24, 2.45) is 0 Å². The number of aromatic amines is 1. The summed E-state index contributed by atoms with van der Waals surface area (Å²) in [7, 11) is 0. The Morgan fingerprint density at radius 2 is 2.11 bits per heavy atom. The van der Waals surface area contributed by atoms with Crippen molar-refractivity contribution in [3.05, 3.63) is 17.5 Å². The number of hydrogen-bond acceptors (Lipinski definition) is 4. The molecule has 3 N–H and O–H groups in total. The molecule has 0 amide bonds. The highest BCUT2D eigenvalue weighted by molar-refractivity contribution is 5.23. The zero-order valence-corrected chi connectivity index (χ0v) is 12.1. The summed E-state index contributed by atoms with van der Waals surface area (Å²) in [5.74, 6) is 0. The van der Waals surface area contributed by atoms with Gasteiger partial charge in [-0.2, -0.15) is 5.10 Å². The van der Waals surface area contributed by atoms with Crippen molar-refractivity contribution in [2.75, 3.05) is 19.8 Å². The second-order valence-electron chi connectivity index (χ2n) is 6.46. The van der Waals surface area contributed by atoms with Crippen LogP contribution in [0.15, 0.2) is 6.20 Å². The van der Waals surface area contributed by atoms with Gasteiger partial charge in [-0.15, -0.1) is 0 Å². The molecule has 108 valence electrons. The molecule has 0 spiro atoms. The van der Waals surface area contributed by atoms with Gasteiger partial charge in [0.2, 0.25) is 0 Å². The number of aliphatic hydroxyl groups is 1. The lowest BCUT2D eigenvalue weighted by Crippen LogP contribution is -2.44. The van der Waals surface area contributed by atoms with Crippen molar-refractivity contribution in [1.82, 2.24) is 15.5 Å². The van der Waals surface area contributed by atoms with Gasteiger partial charge in [0.1, 0.15) is 0 Å². The minimum Gasteiger partial charge on any atom is -0.388 e. The Morgan fingerprint density at radius 1 is 1.42 bits per heavy atom. The van der Waals surface area contributed by atoms with E-state index in [9.17, 15) is 5.11 Å². The highest BCUT2D eigenvalue weighted by Crippen LogP contribution is 2.24. The normalized spacial score (nSPS) is 19.6. The first-order valence-corrected chi connectivity index (χ1v) is 6.94. The van der Waals surface area contributed by atoms with E-state index in [4.69, 9.17) is 4.74 Å². The van der Waals surface area contributed by atoms with Gasteiger partial charge < -0.3 is 15.2 Å². The minimum absolute atomic E-state index is 0.0586. The zero-order valence-electron chi connectivity index (χ0n) is 12.1. The second-order valence-corrected chi connectivity index (χ2v) is 6.46. The topological polar surface area (TPSA) is 70.2 Å². The van der Waals surface area contributed by atoms with Gasteiger partial charge >= 0.3 is 0 Å². The van der Waals surface area contributed by atoms with Crippen LogP contribution in [0.25, 0.3) is 0 Å². The van der Waals surface area contributed by atoms with E-state index in [-0.39, 0.29) is 5.41 Å². The number of aromatic nitrogens is 2. The molecule has 1 saturated heterocycles. The molecule has 0 aliphatic carbocycles. The van der Waals surface area contributed by atoms with Gasteiger partial charge in [-0.1, -0.05) is 20.8 Å². The van der Waals surface area contributed by atoms with Gasteiger partial charge in [0.05, 0.1) is 11.8 Å². The van der Waals surface area contributed by atoms with Gasteiger partial charge in [0.15, 0.2) is 0 Å². The van der Waals surface area contributed by atoms with E-state index in [0.717, 1.165) is 12.2 Å². The van der Waals surface area contributed by atoms with Crippen LogP contribution in [-0.4, -0.2) is 40.7 Å².